The maximum Gasteiger partial charge on any atom is 0.338 e. The summed E-state index contributed by atoms with van der Waals surface area (Å²) in [4.78, 5) is 11.8. The largest absolute Gasteiger partial charge is 0.457 e. The Bertz CT molecular complexity index is 580. The predicted octanol–water partition coefficient (Wildman–Crippen LogP) is 2.12. The summed E-state index contributed by atoms with van der Waals surface area (Å²) < 4.78 is 7.57. The smallest absolute Gasteiger partial charge is 0.338 e. The Hall–Kier alpha value is -1.82. The first-order chi connectivity index (χ1) is 8.56. The number of carbonyl (C=O) groups excluding carboxylic acids is 1. The number of anilines is 1. The maximum atomic E-state index is 11.8. The van der Waals surface area contributed by atoms with Gasteiger partial charge in [-0.15, -0.1) is 0 Å². The van der Waals surface area contributed by atoms with E-state index in [9.17, 15) is 4.79 Å². The number of ether oxygens (including phenoxy) is 1. The van der Waals surface area contributed by atoms with E-state index >= 15 is 0 Å². The van der Waals surface area contributed by atoms with Crippen molar-refractivity contribution >= 4 is 27.6 Å². The monoisotopic (exact) mass is 309 g/mol. The van der Waals surface area contributed by atoms with Crippen LogP contribution in [0.4, 0.5) is 5.69 Å². The van der Waals surface area contributed by atoms with Crippen molar-refractivity contribution in [1.82, 2.24) is 9.78 Å². The zero-order valence-electron chi connectivity index (χ0n) is 9.76. The van der Waals surface area contributed by atoms with Crippen LogP contribution in [0.5, 0.6) is 0 Å². The fourth-order valence-electron chi connectivity index (χ4n) is 1.45. The predicted molar refractivity (Wildman–Crippen MR) is 70.9 cm³/mol. The summed E-state index contributed by atoms with van der Waals surface area (Å²) in [5, 5.41) is 3.99. The minimum atomic E-state index is -0.405. The van der Waals surface area contributed by atoms with Gasteiger partial charge in [0.25, 0.3) is 0 Å². The first-order valence-corrected chi connectivity index (χ1v) is 6.05. The summed E-state index contributed by atoms with van der Waals surface area (Å²) in [7, 11) is 1.81. The molecule has 0 bridgehead atoms. The lowest BCUT2D eigenvalue weighted by molar-refractivity contribution is 0.0472. The molecule has 5 nitrogen and oxygen atoms in total. The Kier molecular flexibility index (Phi) is 3.66. The minimum absolute atomic E-state index is 0.197. The minimum Gasteiger partial charge on any atom is -0.457 e. The molecule has 1 heterocycles. The van der Waals surface area contributed by atoms with Gasteiger partial charge in [0.2, 0.25) is 0 Å². The molecule has 0 aliphatic rings. The number of nitrogens with zero attached hydrogens (tertiary/aromatic N) is 2. The molecule has 0 spiro atoms. The molecule has 0 aliphatic carbocycles. The Morgan fingerprint density at radius 1 is 1.56 bits per heavy atom. The zero-order valence-corrected chi connectivity index (χ0v) is 11.3. The van der Waals surface area contributed by atoms with Gasteiger partial charge in [-0.3, -0.25) is 4.68 Å². The fraction of sp³-hybridized carbons (Fsp3) is 0.167. The molecule has 0 aliphatic heterocycles. The summed E-state index contributed by atoms with van der Waals surface area (Å²) in [5.74, 6) is -0.405. The molecule has 1 aromatic carbocycles. The topological polar surface area (TPSA) is 70.1 Å². The molecule has 94 valence electrons. The summed E-state index contributed by atoms with van der Waals surface area (Å²) in [6, 6.07) is 4.96. The number of carbonyl (C=O) groups is 1. The zero-order chi connectivity index (χ0) is 13.1. The van der Waals surface area contributed by atoms with Gasteiger partial charge in [-0.2, -0.15) is 5.10 Å². The molecule has 2 rings (SSSR count). The van der Waals surface area contributed by atoms with Crippen LogP contribution in [0.2, 0.25) is 0 Å². The molecule has 2 aromatic rings. The Balaban J connectivity index is 2.01. The van der Waals surface area contributed by atoms with E-state index in [2.05, 4.69) is 21.0 Å². The van der Waals surface area contributed by atoms with Gasteiger partial charge in [0.15, 0.2) is 0 Å². The number of esters is 1. The number of rotatable bonds is 3. The van der Waals surface area contributed by atoms with Crippen molar-refractivity contribution in [2.75, 3.05) is 5.73 Å². The third kappa shape index (κ3) is 2.89. The molecular weight excluding hydrogens is 298 g/mol. The molecule has 0 saturated carbocycles. The number of benzene rings is 1. The van der Waals surface area contributed by atoms with Gasteiger partial charge in [-0.05, 0) is 34.1 Å². The summed E-state index contributed by atoms with van der Waals surface area (Å²) in [6.07, 6.45) is 3.45. The van der Waals surface area contributed by atoms with E-state index in [1.165, 1.54) is 0 Å². The van der Waals surface area contributed by atoms with Gasteiger partial charge in [0.1, 0.15) is 6.61 Å². The number of hydrogen-bond donors (Lipinski definition) is 1. The average Bonchev–Trinajstić information content (AvgIpc) is 2.75. The van der Waals surface area contributed by atoms with Crippen molar-refractivity contribution in [3.05, 3.63) is 46.2 Å². The van der Waals surface area contributed by atoms with Gasteiger partial charge in [0, 0.05) is 29.0 Å². The molecule has 1 aromatic heterocycles. The Labute approximate surface area is 113 Å². The number of nitrogens with two attached hydrogens (primary N) is 1. The van der Waals surface area contributed by atoms with Crippen LogP contribution in [-0.2, 0) is 18.4 Å². The molecule has 0 amide bonds. The van der Waals surface area contributed by atoms with Crippen LogP contribution in [0.25, 0.3) is 0 Å². The van der Waals surface area contributed by atoms with Crippen LogP contribution in [-0.4, -0.2) is 15.7 Å². The Morgan fingerprint density at radius 2 is 2.33 bits per heavy atom. The fourth-order valence-corrected chi connectivity index (χ4v) is 1.70. The number of aryl methyl sites for hydroxylation is 1. The first kappa shape index (κ1) is 12.6. The molecule has 2 N–H and O–H groups in total. The van der Waals surface area contributed by atoms with Gasteiger partial charge >= 0.3 is 5.97 Å². The quantitative estimate of drug-likeness (QED) is 0.696. The lowest BCUT2D eigenvalue weighted by Crippen LogP contribution is -2.05. The van der Waals surface area contributed by atoms with Crippen LogP contribution < -0.4 is 5.73 Å². The molecule has 0 fully saturated rings. The van der Waals surface area contributed by atoms with E-state index in [1.54, 1.807) is 42.3 Å². The Morgan fingerprint density at radius 3 is 2.94 bits per heavy atom. The average molecular weight is 310 g/mol. The van der Waals surface area contributed by atoms with E-state index in [1.807, 2.05) is 0 Å². The highest BCUT2D eigenvalue weighted by Crippen LogP contribution is 2.20. The normalized spacial score (nSPS) is 10.3. The van der Waals surface area contributed by atoms with E-state index < -0.39 is 5.97 Å². The van der Waals surface area contributed by atoms with E-state index in [0.717, 1.165) is 10.0 Å². The van der Waals surface area contributed by atoms with E-state index in [0.29, 0.717) is 11.3 Å². The van der Waals surface area contributed by atoms with Crippen LogP contribution in [0.15, 0.2) is 35.1 Å². The summed E-state index contributed by atoms with van der Waals surface area (Å²) in [6.45, 7) is 0.197. The van der Waals surface area contributed by atoms with Gasteiger partial charge < -0.3 is 10.5 Å². The van der Waals surface area contributed by atoms with E-state index in [4.69, 9.17) is 10.5 Å². The number of aromatic nitrogens is 2. The van der Waals surface area contributed by atoms with Gasteiger partial charge in [0.05, 0.1) is 11.8 Å². The molecule has 0 radical (unpaired) electrons. The van der Waals surface area contributed by atoms with Crippen molar-refractivity contribution in [2.45, 2.75) is 6.61 Å². The van der Waals surface area contributed by atoms with Crippen molar-refractivity contribution < 1.29 is 9.53 Å². The molecule has 6 heteroatoms. The number of halogens is 1. The third-order valence-corrected chi connectivity index (χ3v) is 3.08. The van der Waals surface area contributed by atoms with Crippen molar-refractivity contribution in [1.29, 1.82) is 0 Å². The maximum absolute atomic E-state index is 11.8. The van der Waals surface area contributed by atoms with Crippen molar-refractivity contribution in [2.24, 2.45) is 7.05 Å². The summed E-state index contributed by atoms with van der Waals surface area (Å²) >= 11 is 3.27. The third-order valence-electron chi connectivity index (χ3n) is 2.36. The second-order valence-corrected chi connectivity index (χ2v) is 4.69. The lowest BCUT2D eigenvalue weighted by Gasteiger charge is -2.05. The lowest BCUT2D eigenvalue weighted by atomic mass is 10.2. The molecule has 0 atom stereocenters. The number of nitrogen functional groups attached to an aromatic ring is 1. The van der Waals surface area contributed by atoms with Crippen LogP contribution >= 0.6 is 15.9 Å². The highest BCUT2D eigenvalue weighted by molar-refractivity contribution is 9.10. The standard InChI is InChI=1S/C12H12BrN3O2/c1-16-6-8(5-15-16)7-18-12(17)9-2-3-10(13)11(14)4-9/h2-6H,7,14H2,1H3. The van der Waals surface area contributed by atoms with Crippen molar-refractivity contribution in [3.8, 4) is 0 Å². The van der Waals surface area contributed by atoms with Crippen LogP contribution in [0, 0.1) is 0 Å². The molecule has 0 saturated heterocycles. The molecule has 18 heavy (non-hydrogen) atoms. The van der Waals surface area contributed by atoms with E-state index in [-0.39, 0.29) is 6.61 Å². The highest BCUT2D eigenvalue weighted by Gasteiger charge is 2.09. The first-order valence-electron chi connectivity index (χ1n) is 5.26. The highest BCUT2D eigenvalue weighted by atomic mass is 79.9. The number of hydrogen-bond acceptors (Lipinski definition) is 4. The van der Waals surface area contributed by atoms with Crippen molar-refractivity contribution in [3.63, 3.8) is 0 Å². The molecule has 0 unspecified atom stereocenters. The van der Waals surface area contributed by atoms with Crippen LogP contribution in [0.1, 0.15) is 15.9 Å². The SMILES string of the molecule is Cn1cc(COC(=O)c2ccc(Br)c(N)c2)cn1. The molecular formula is C12H12BrN3O2. The summed E-state index contributed by atoms with van der Waals surface area (Å²) in [5.41, 5.74) is 7.48. The second kappa shape index (κ2) is 5.22. The van der Waals surface area contributed by atoms with Crippen LogP contribution in [0.3, 0.4) is 0 Å². The van der Waals surface area contributed by atoms with Gasteiger partial charge in [-0.1, -0.05) is 0 Å². The van der Waals surface area contributed by atoms with Gasteiger partial charge in [-0.25, -0.2) is 4.79 Å². The second-order valence-electron chi connectivity index (χ2n) is 3.83.